The first kappa shape index (κ1) is 20.2. The van der Waals surface area contributed by atoms with E-state index >= 15 is 0 Å². The van der Waals surface area contributed by atoms with Gasteiger partial charge in [0.05, 0.1) is 5.69 Å². The molecule has 1 aliphatic rings. The van der Waals surface area contributed by atoms with Gasteiger partial charge in [-0.3, -0.25) is 4.79 Å². The van der Waals surface area contributed by atoms with E-state index in [1.165, 1.54) is 53.7 Å². The van der Waals surface area contributed by atoms with Crippen molar-refractivity contribution in [1.82, 2.24) is 4.98 Å². The summed E-state index contributed by atoms with van der Waals surface area (Å²) in [6, 6.07) is 17.1. The molecule has 5 heteroatoms. The van der Waals surface area contributed by atoms with Gasteiger partial charge in [0.1, 0.15) is 0 Å². The van der Waals surface area contributed by atoms with Crippen molar-refractivity contribution in [1.29, 1.82) is 0 Å². The van der Waals surface area contributed by atoms with Gasteiger partial charge in [-0.05, 0) is 60.6 Å². The molecule has 0 fully saturated rings. The molecule has 0 bridgehead atoms. The molecule has 1 N–H and O–H groups in total. The smallest absolute Gasteiger partial charge is 0.226 e. The number of nitrogens with one attached hydrogen (secondary N) is 1. The summed E-state index contributed by atoms with van der Waals surface area (Å²) < 4.78 is 0. The van der Waals surface area contributed by atoms with Crippen LogP contribution in [0, 0.1) is 0 Å². The van der Waals surface area contributed by atoms with Crippen LogP contribution in [0.2, 0.25) is 0 Å². The fraction of sp³-hybridized carbons (Fsp3) is 0.333. The highest BCUT2D eigenvalue weighted by Gasteiger charge is 2.12. The molecule has 1 aliphatic carbocycles. The Bertz CT molecular complexity index is 953. The van der Waals surface area contributed by atoms with Crippen molar-refractivity contribution in [2.45, 2.75) is 44.3 Å². The van der Waals surface area contributed by atoms with Crippen LogP contribution < -0.4 is 5.32 Å². The van der Waals surface area contributed by atoms with Crippen LogP contribution in [0.1, 0.15) is 42.4 Å². The topological polar surface area (TPSA) is 42.0 Å². The second-order valence-corrected chi connectivity index (χ2v) is 9.38. The Labute approximate surface area is 181 Å². The number of nitrogens with zero attached hydrogens (tertiary/aromatic N) is 1. The zero-order valence-electron chi connectivity index (χ0n) is 16.5. The van der Waals surface area contributed by atoms with Crippen molar-refractivity contribution in [3.05, 3.63) is 70.6 Å². The monoisotopic (exact) mass is 422 g/mol. The van der Waals surface area contributed by atoms with Crippen molar-refractivity contribution < 1.29 is 4.79 Å². The van der Waals surface area contributed by atoms with Crippen LogP contribution in [-0.2, 0) is 23.4 Å². The van der Waals surface area contributed by atoms with Crippen LogP contribution >= 0.6 is 23.1 Å². The number of carbonyl (C=O) groups excluding carboxylic acids is 1. The van der Waals surface area contributed by atoms with E-state index < -0.39 is 0 Å². The summed E-state index contributed by atoms with van der Waals surface area (Å²) in [7, 11) is 0. The lowest BCUT2D eigenvalue weighted by Crippen LogP contribution is -2.11. The van der Waals surface area contributed by atoms with Crippen LogP contribution in [0.5, 0.6) is 0 Å². The van der Waals surface area contributed by atoms with E-state index in [4.69, 9.17) is 0 Å². The van der Waals surface area contributed by atoms with Gasteiger partial charge in [-0.1, -0.05) is 42.5 Å². The molecule has 29 heavy (non-hydrogen) atoms. The minimum absolute atomic E-state index is 0.0525. The number of thioether (sulfide) groups is 1. The number of hydrogen-bond donors (Lipinski definition) is 1. The molecule has 0 saturated heterocycles. The summed E-state index contributed by atoms with van der Waals surface area (Å²) in [5, 5.41) is 5.69. The van der Waals surface area contributed by atoms with E-state index in [1.54, 1.807) is 0 Å². The molecule has 3 aromatic rings. The van der Waals surface area contributed by atoms with Gasteiger partial charge in [0.15, 0.2) is 5.13 Å². The predicted molar refractivity (Wildman–Crippen MR) is 125 cm³/mol. The lowest BCUT2D eigenvalue weighted by molar-refractivity contribution is -0.116. The van der Waals surface area contributed by atoms with E-state index in [1.807, 2.05) is 23.2 Å². The maximum atomic E-state index is 12.2. The summed E-state index contributed by atoms with van der Waals surface area (Å²) in [4.78, 5) is 16.9. The number of aromatic nitrogens is 1. The molecule has 1 aromatic heterocycles. The first-order valence-corrected chi connectivity index (χ1v) is 12.3. The van der Waals surface area contributed by atoms with Crippen molar-refractivity contribution in [2.75, 3.05) is 11.1 Å². The van der Waals surface area contributed by atoms with Gasteiger partial charge in [0.25, 0.3) is 0 Å². The molecule has 1 amide bonds. The number of amides is 1. The third kappa shape index (κ3) is 5.71. The third-order valence-corrected chi connectivity index (χ3v) is 7.07. The quantitative estimate of drug-likeness (QED) is 0.431. The molecule has 4 rings (SSSR count). The molecule has 0 aliphatic heterocycles. The Balaban J connectivity index is 1.23. The van der Waals surface area contributed by atoms with Gasteiger partial charge in [0.2, 0.25) is 5.91 Å². The number of benzene rings is 2. The maximum absolute atomic E-state index is 12.2. The molecule has 0 atom stereocenters. The van der Waals surface area contributed by atoms with E-state index in [0.717, 1.165) is 29.2 Å². The molecule has 0 radical (unpaired) electrons. The number of anilines is 1. The molecule has 3 nitrogen and oxygen atoms in total. The Morgan fingerprint density at radius 2 is 1.90 bits per heavy atom. The summed E-state index contributed by atoms with van der Waals surface area (Å²) in [5.74, 6) is 2.04. The lowest BCUT2D eigenvalue weighted by Gasteiger charge is -2.16. The van der Waals surface area contributed by atoms with E-state index in [9.17, 15) is 4.79 Å². The normalized spacial score (nSPS) is 13.1. The van der Waals surface area contributed by atoms with Gasteiger partial charge in [-0.25, -0.2) is 4.98 Å². The maximum Gasteiger partial charge on any atom is 0.226 e. The fourth-order valence-corrected chi connectivity index (χ4v) is 5.29. The average molecular weight is 423 g/mol. The summed E-state index contributed by atoms with van der Waals surface area (Å²) >= 11 is 3.38. The van der Waals surface area contributed by atoms with Crippen molar-refractivity contribution in [3.8, 4) is 11.3 Å². The Kier molecular flexibility index (Phi) is 7.01. The van der Waals surface area contributed by atoms with Gasteiger partial charge in [-0.15, -0.1) is 11.3 Å². The molecule has 0 unspecified atom stereocenters. The van der Waals surface area contributed by atoms with Gasteiger partial charge in [-0.2, -0.15) is 11.8 Å². The number of fused-ring (bicyclic) bond motifs is 1. The van der Waals surface area contributed by atoms with E-state index in [0.29, 0.717) is 11.6 Å². The van der Waals surface area contributed by atoms with E-state index in [2.05, 4.69) is 52.8 Å². The number of thiazole rings is 1. The van der Waals surface area contributed by atoms with Crippen LogP contribution in [0.25, 0.3) is 11.3 Å². The SMILES string of the molecule is O=C(CCCSCc1ccccc1)Nc1nc(-c2ccc3c(c2)CCCC3)cs1. The number of rotatable bonds is 8. The first-order chi connectivity index (χ1) is 14.3. The molecule has 1 heterocycles. The molecule has 0 saturated carbocycles. The Hall–Kier alpha value is -2.11. The molecule has 2 aromatic carbocycles. The standard InChI is InChI=1S/C24H26N2OS2/c27-23(11-6-14-28-16-18-7-2-1-3-8-18)26-24-25-22(17-29-24)21-13-12-19-9-4-5-10-20(19)15-21/h1-3,7-8,12-13,15,17H,4-6,9-11,14,16H2,(H,25,26,27). The highest BCUT2D eigenvalue weighted by molar-refractivity contribution is 7.98. The minimum atomic E-state index is 0.0525. The highest BCUT2D eigenvalue weighted by atomic mass is 32.2. The van der Waals surface area contributed by atoms with Crippen molar-refractivity contribution in [2.24, 2.45) is 0 Å². The highest BCUT2D eigenvalue weighted by Crippen LogP contribution is 2.29. The zero-order valence-corrected chi connectivity index (χ0v) is 18.2. The fourth-order valence-electron chi connectivity index (χ4n) is 3.64. The van der Waals surface area contributed by atoms with Crippen molar-refractivity contribution in [3.63, 3.8) is 0 Å². The van der Waals surface area contributed by atoms with Gasteiger partial charge >= 0.3 is 0 Å². The summed E-state index contributed by atoms with van der Waals surface area (Å²) in [5.41, 5.74) is 6.38. The Morgan fingerprint density at radius 3 is 2.76 bits per heavy atom. The molecular weight excluding hydrogens is 396 g/mol. The number of carbonyl (C=O) groups is 1. The third-order valence-electron chi connectivity index (χ3n) is 5.20. The predicted octanol–water partition coefficient (Wildman–Crippen LogP) is 6.34. The van der Waals surface area contributed by atoms with Gasteiger partial charge in [0, 0.05) is 23.1 Å². The lowest BCUT2D eigenvalue weighted by atomic mass is 9.90. The zero-order chi connectivity index (χ0) is 19.9. The summed E-state index contributed by atoms with van der Waals surface area (Å²) in [6.07, 6.45) is 6.35. The molecule has 0 spiro atoms. The summed E-state index contributed by atoms with van der Waals surface area (Å²) in [6.45, 7) is 0. The van der Waals surface area contributed by atoms with Crippen LogP contribution in [0.4, 0.5) is 5.13 Å². The largest absolute Gasteiger partial charge is 0.302 e. The molecule has 150 valence electrons. The van der Waals surface area contributed by atoms with Crippen LogP contribution in [0.15, 0.2) is 53.9 Å². The second-order valence-electron chi connectivity index (χ2n) is 7.42. The van der Waals surface area contributed by atoms with Crippen LogP contribution in [-0.4, -0.2) is 16.6 Å². The van der Waals surface area contributed by atoms with Crippen molar-refractivity contribution >= 4 is 34.1 Å². The minimum Gasteiger partial charge on any atom is -0.302 e. The van der Waals surface area contributed by atoms with E-state index in [-0.39, 0.29) is 5.91 Å². The van der Waals surface area contributed by atoms with Gasteiger partial charge < -0.3 is 5.32 Å². The second kappa shape index (κ2) is 10.1. The Morgan fingerprint density at radius 1 is 1.07 bits per heavy atom. The van der Waals surface area contributed by atoms with Crippen LogP contribution in [0.3, 0.4) is 0 Å². The first-order valence-electron chi connectivity index (χ1n) is 10.3. The number of aryl methyl sites for hydroxylation is 2. The molecular formula is C24H26N2OS2. The number of hydrogen-bond acceptors (Lipinski definition) is 4. The average Bonchev–Trinajstić information content (AvgIpc) is 3.22.